The molecular weight excluding hydrogens is 184 g/mol. The topological polar surface area (TPSA) is 15.3 Å². The molecule has 90 valence electrons. The molecule has 2 heteroatoms. The lowest BCUT2D eigenvalue weighted by molar-refractivity contribution is 0.150. The molecule has 0 atom stereocenters. The Hall–Kier alpha value is -0.0800. The molecule has 1 aliphatic rings. The summed E-state index contributed by atoms with van der Waals surface area (Å²) in [4.78, 5) is 2.64. The lowest BCUT2D eigenvalue weighted by atomic mass is 10.1. The molecule has 0 aromatic carbocycles. The van der Waals surface area contributed by atoms with E-state index < -0.39 is 0 Å². The summed E-state index contributed by atoms with van der Waals surface area (Å²) in [7, 11) is 0. The monoisotopic (exact) mass is 212 g/mol. The van der Waals surface area contributed by atoms with E-state index in [2.05, 4.69) is 24.1 Å². The van der Waals surface area contributed by atoms with E-state index in [-0.39, 0.29) is 0 Å². The van der Waals surface area contributed by atoms with E-state index in [1.807, 2.05) is 0 Å². The lowest BCUT2D eigenvalue weighted by Crippen LogP contribution is -2.57. The van der Waals surface area contributed by atoms with Gasteiger partial charge in [0, 0.05) is 19.1 Å². The number of likely N-dealkylation sites (N-methyl/N-ethyl adjacent to an activating group) is 1. The summed E-state index contributed by atoms with van der Waals surface area (Å²) in [5.41, 5.74) is 0. The van der Waals surface area contributed by atoms with Crippen molar-refractivity contribution < 1.29 is 0 Å². The SMILES string of the molecule is CCCCCCCCN(CC)C1CNC1. The Kier molecular flexibility index (Phi) is 7.03. The number of hydrogen-bond acceptors (Lipinski definition) is 2. The van der Waals surface area contributed by atoms with E-state index in [1.54, 1.807) is 0 Å². The van der Waals surface area contributed by atoms with Crippen molar-refractivity contribution in [2.45, 2.75) is 58.4 Å². The quantitative estimate of drug-likeness (QED) is 0.591. The molecule has 0 aromatic rings. The maximum atomic E-state index is 3.35. The number of nitrogens with one attached hydrogen (secondary N) is 1. The second kappa shape index (κ2) is 8.12. The lowest BCUT2D eigenvalue weighted by Gasteiger charge is -2.37. The van der Waals surface area contributed by atoms with E-state index in [1.165, 1.54) is 64.7 Å². The fourth-order valence-corrected chi connectivity index (χ4v) is 2.23. The normalized spacial score (nSPS) is 17.0. The highest BCUT2D eigenvalue weighted by Gasteiger charge is 2.22. The zero-order valence-corrected chi connectivity index (χ0v) is 10.6. The van der Waals surface area contributed by atoms with Crippen LogP contribution in [0.1, 0.15) is 52.4 Å². The predicted octanol–water partition coefficient (Wildman–Crippen LogP) is 2.64. The zero-order chi connectivity index (χ0) is 10.9. The molecule has 1 saturated heterocycles. The molecular formula is C13H28N2. The molecule has 0 bridgehead atoms. The van der Waals surface area contributed by atoms with Crippen molar-refractivity contribution in [3.05, 3.63) is 0 Å². The van der Waals surface area contributed by atoms with Crippen LogP contribution < -0.4 is 5.32 Å². The van der Waals surface area contributed by atoms with E-state index in [0.717, 1.165) is 6.04 Å². The third kappa shape index (κ3) is 4.98. The third-order valence-corrected chi connectivity index (χ3v) is 3.48. The molecule has 0 aromatic heterocycles. The van der Waals surface area contributed by atoms with Gasteiger partial charge in [-0.05, 0) is 19.5 Å². The van der Waals surface area contributed by atoms with Crippen LogP contribution in [0.5, 0.6) is 0 Å². The molecule has 0 aliphatic carbocycles. The highest BCUT2D eigenvalue weighted by atomic mass is 15.2. The van der Waals surface area contributed by atoms with Gasteiger partial charge in [-0.25, -0.2) is 0 Å². The van der Waals surface area contributed by atoms with Gasteiger partial charge in [0.15, 0.2) is 0 Å². The van der Waals surface area contributed by atoms with Crippen molar-refractivity contribution in [1.82, 2.24) is 10.2 Å². The molecule has 1 rings (SSSR count). The van der Waals surface area contributed by atoms with Crippen LogP contribution in [0.4, 0.5) is 0 Å². The largest absolute Gasteiger partial charge is 0.314 e. The van der Waals surface area contributed by atoms with Crippen LogP contribution in [0.3, 0.4) is 0 Å². The average Bonchev–Trinajstić information content (AvgIpc) is 2.18. The minimum atomic E-state index is 0.839. The third-order valence-electron chi connectivity index (χ3n) is 3.48. The van der Waals surface area contributed by atoms with Gasteiger partial charge in [0.2, 0.25) is 0 Å². The summed E-state index contributed by atoms with van der Waals surface area (Å²) in [5.74, 6) is 0. The van der Waals surface area contributed by atoms with E-state index in [4.69, 9.17) is 0 Å². The Morgan fingerprint density at radius 2 is 1.67 bits per heavy atom. The van der Waals surface area contributed by atoms with Crippen LogP contribution in [0, 0.1) is 0 Å². The molecule has 1 heterocycles. The van der Waals surface area contributed by atoms with Crippen molar-refractivity contribution in [2.24, 2.45) is 0 Å². The van der Waals surface area contributed by atoms with Crippen molar-refractivity contribution in [3.63, 3.8) is 0 Å². The minimum Gasteiger partial charge on any atom is -0.314 e. The van der Waals surface area contributed by atoms with Crippen LogP contribution in [-0.4, -0.2) is 37.1 Å². The van der Waals surface area contributed by atoms with Crippen LogP contribution in [-0.2, 0) is 0 Å². The van der Waals surface area contributed by atoms with Crippen molar-refractivity contribution in [2.75, 3.05) is 26.2 Å². The molecule has 1 fully saturated rings. The molecule has 0 spiro atoms. The maximum Gasteiger partial charge on any atom is 0.0345 e. The van der Waals surface area contributed by atoms with Gasteiger partial charge in [0.1, 0.15) is 0 Å². The summed E-state index contributed by atoms with van der Waals surface area (Å²) in [6, 6.07) is 0.839. The highest BCUT2D eigenvalue weighted by Crippen LogP contribution is 2.09. The van der Waals surface area contributed by atoms with Gasteiger partial charge in [-0.3, -0.25) is 4.90 Å². The van der Waals surface area contributed by atoms with E-state index in [0.29, 0.717) is 0 Å². The Morgan fingerprint density at radius 3 is 2.20 bits per heavy atom. The van der Waals surface area contributed by atoms with E-state index in [9.17, 15) is 0 Å². The molecule has 0 saturated carbocycles. The first-order valence-corrected chi connectivity index (χ1v) is 6.83. The Morgan fingerprint density at radius 1 is 1.00 bits per heavy atom. The Balaban J connectivity index is 1.92. The number of rotatable bonds is 9. The van der Waals surface area contributed by atoms with Gasteiger partial charge in [0.25, 0.3) is 0 Å². The van der Waals surface area contributed by atoms with Gasteiger partial charge in [-0.2, -0.15) is 0 Å². The maximum absolute atomic E-state index is 3.35. The number of nitrogens with zero attached hydrogens (tertiary/aromatic N) is 1. The molecule has 15 heavy (non-hydrogen) atoms. The first kappa shape index (κ1) is 13.0. The molecule has 1 aliphatic heterocycles. The molecule has 0 radical (unpaired) electrons. The minimum absolute atomic E-state index is 0.839. The molecule has 1 N–H and O–H groups in total. The second-order valence-corrected chi connectivity index (χ2v) is 4.71. The molecule has 0 unspecified atom stereocenters. The smallest absolute Gasteiger partial charge is 0.0345 e. The first-order valence-electron chi connectivity index (χ1n) is 6.83. The predicted molar refractivity (Wildman–Crippen MR) is 67.3 cm³/mol. The van der Waals surface area contributed by atoms with Gasteiger partial charge < -0.3 is 5.32 Å². The average molecular weight is 212 g/mol. The van der Waals surface area contributed by atoms with Gasteiger partial charge in [-0.15, -0.1) is 0 Å². The fraction of sp³-hybridized carbons (Fsp3) is 1.00. The Labute approximate surface area is 95.4 Å². The zero-order valence-electron chi connectivity index (χ0n) is 10.6. The summed E-state index contributed by atoms with van der Waals surface area (Å²) >= 11 is 0. The molecule has 0 amide bonds. The number of unbranched alkanes of at least 4 members (excludes halogenated alkanes) is 5. The van der Waals surface area contributed by atoms with E-state index >= 15 is 0 Å². The Bertz CT molecular complexity index is 143. The van der Waals surface area contributed by atoms with Gasteiger partial charge in [0.05, 0.1) is 0 Å². The molecule has 2 nitrogen and oxygen atoms in total. The summed E-state index contributed by atoms with van der Waals surface area (Å²) in [6.07, 6.45) is 8.48. The van der Waals surface area contributed by atoms with Crippen LogP contribution >= 0.6 is 0 Å². The highest BCUT2D eigenvalue weighted by molar-refractivity contribution is 4.83. The van der Waals surface area contributed by atoms with Crippen LogP contribution in [0.15, 0.2) is 0 Å². The van der Waals surface area contributed by atoms with Crippen molar-refractivity contribution in [3.8, 4) is 0 Å². The summed E-state index contributed by atoms with van der Waals surface area (Å²) < 4.78 is 0. The van der Waals surface area contributed by atoms with Crippen LogP contribution in [0.2, 0.25) is 0 Å². The second-order valence-electron chi connectivity index (χ2n) is 4.71. The van der Waals surface area contributed by atoms with Gasteiger partial charge >= 0.3 is 0 Å². The van der Waals surface area contributed by atoms with Crippen molar-refractivity contribution >= 4 is 0 Å². The summed E-state index contributed by atoms with van der Waals surface area (Å²) in [5, 5.41) is 3.35. The van der Waals surface area contributed by atoms with Gasteiger partial charge in [-0.1, -0.05) is 46.0 Å². The fourth-order valence-electron chi connectivity index (χ4n) is 2.23. The number of hydrogen-bond donors (Lipinski definition) is 1. The van der Waals surface area contributed by atoms with Crippen LogP contribution in [0.25, 0.3) is 0 Å². The standard InChI is InChI=1S/C13H28N2/c1-3-5-6-7-8-9-10-15(4-2)13-11-14-12-13/h13-14H,3-12H2,1-2H3. The first-order chi connectivity index (χ1) is 7.38. The van der Waals surface area contributed by atoms with Crippen molar-refractivity contribution in [1.29, 1.82) is 0 Å². The summed E-state index contributed by atoms with van der Waals surface area (Å²) in [6.45, 7) is 9.53.